The summed E-state index contributed by atoms with van der Waals surface area (Å²) < 4.78 is 28.5. The van der Waals surface area contributed by atoms with Crippen LogP contribution in [0.4, 0.5) is 0 Å². The number of rotatable bonds is 6. The summed E-state index contributed by atoms with van der Waals surface area (Å²) >= 11 is 0. The highest BCUT2D eigenvalue weighted by atomic mass is 32.2. The van der Waals surface area contributed by atoms with E-state index < -0.39 is 10.2 Å². The van der Waals surface area contributed by atoms with E-state index in [1.54, 1.807) is 4.31 Å². The first-order valence-corrected chi connectivity index (χ1v) is 8.58. The van der Waals surface area contributed by atoms with Crippen molar-refractivity contribution in [2.45, 2.75) is 43.7 Å². The molecule has 0 amide bonds. The first-order valence-electron chi connectivity index (χ1n) is 7.19. The van der Waals surface area contributed by atoms with Gasteiger partial charge in [-0.15, -0.1) is 0 Å². The minimum absolute atomic E-state index is 0.0229. The van der Waals surface area contributed by atoms with E-state index in [2.05, 4.69) is 0 Å². The molecule has 0 radical (unpaired) electrons. The summed E-state index contributed by atoms with van der Waals surface area (Å²) in [5.41, 5.74) is 11.7. The van der Waals surface area contributed by atoms with Crippen LogP contribution in [0.15, 0.2) is 0 Å². The van der Waals surface area contributed by atoms with Gasteiger partial charge in [0.2, 0.25) is 0 Å². The van der Waals surface area contributed by atoms with Crippen LogP contribution in [0.3, 0.4) is 0 Å². The minimum atomic E-state index is -3.38. The number of hydrogen-bond donors (Lipinski definition) is 2. The molecule has 110 valence electrons. The smallest absolute Gasteiger partial charge is 0.282 e. The maximum absolute atomic E-state index is 12.7. The Morgan fingerprint density at radius 1 is 1.26 bits per heavy atom. The summed E-state index contributed by atoms with van der Waals surface area (Å²) in [6.07, 6.45) is 4.91. The van der Waals surface area contributed by atoms with Gasteiger partial charge in [0.25, 0.3) is 10.2 Å². The highest BCUT2D eigenvalue weighted by Gasteiger charge is 2.45. The van der Waals surface area contributed by atoms with Crippen molar-refractivity contribution in [3.05, 3.63) is 0 Å². The number of nitrogens with two attached hydrogens (primary N) is 2. The molecule has 0 spiro atoms. The van der Waals surface area contributed by atoms with Crippen molar-refractivity contribution < 1.29 is 8.42 Å². The van der Waals surface area contributed by atoms with Crippen LogP contribution >= 0.6 is 0 Å². The molecule has 1 atom stereocenters. The molecule has 19 heavy (non-hydrogen) atoms. The Labute approximate surface area is 115 Å². The van der Waals surface area contributed by atoms with Crippen LogP contribution < -0.4 is 11.5 Å². The predicted molar refractivity (Wildman–Crippen MR) is 73.5 cm³/mol. The van der Waals surface area contributed by atoms with Crippen LogP contribution in [0.2, 0.25) is 0 Å². The van der Waals surface area contributed by atoms with Crippen molar-refractivity contribution >= 4 is 10.2 Å². The summed E-state index contributed by atoms with van der Waals surface area (Å²) in [5, 5.41) is 0. The van der Waals surface area contributed by atoms with Crippen LogP contribution in [-0.4, -0.2) is 54.8 Å². The molecule has 1 saturated heterocycles. The van der Waals surface area contributed by atoms with Crippen LogP contribution in [0.5, 0.6) is 0 Å². The van der Waals surface area contributed by atoms with Crippen molar-refractivity contribution in [2.24, 2.45) is 17.4 Å². The fourth-order valence-corrected chi connectivity index (χ4v) is 4.49. The normalized spacial score (nSPS) is 31.0. The Hall–Kier alpha value is -0.210. The summed E-state index contributed by atoms with van der Waals surface area (Å²) in [6.45, 7) is 2.09. The topological polar surface area (TPSA) is 92.7 Å². The average molecular weight is 288 g/mol. The fraction of sp³-hybridized carbons (Fsp3) is 1.00. The Bertz CT molecular complexity index is 445. The van der Waals surface area contributed by atoms with Crippen molar-refractivity contribution in [3.8, 4) is 0 Å². The highest BCUT2D eigenvalue weighted by molar-refractivity contribution is 7.86. The molecule has 0 aromatic rings. The van der Waals surface area contributed by atoms with Crippen LogP contribution in [-0.2, 0) is 10.2 Å². The number of nitrogens with zero attached hydrogens (tertiary/aromatic N) is 2. The predicted octanol–water partition coefficient (Wildman–Crippen LogP) is -0.532. The molecule has 0 bridgehead atoms. The van der Waals surface area contributed by atoms with Crippen LogP contribution in [0.25, 0.3) is 0 Å². The van der Waals surface area contributed by atoms with Gasteiger partial charge in [0.15, 0.2) is 0 Å². The van der Waals surface area contributed by atoms with E-state index in [-0.39, 0.29) is 11.6 Å². The summed E-state index contributed by atoms with van der Waals surface area (Å²) in [7, 11) is -3.38. The van der Waals surface area contributed by atoms with E-state index in [0.717, 1.165) is 32.1 Å². The van der Waals surface area contributed by atoms with Crippen molar-refractivity contribution in [1.29, 1.82) is 0 Å². The lowest BCUT2D eigenvalue weighted by Crippen LogP contribution is -2.49. The molecule has 3 aliphatic rings. The van der Waals surface area contributed by atoms with Gasteiger partial charge in [-0.25, -0.2) is 0 Å². The van der Waals surface area contributed by atoms with Gasteiger partial charge in [-0.05, 0) is 38.0 Å². The molecule has 0 aromatic carbocycles. The molecule has 0 aromatic heterocycles. The molecule has 3 fully saturated rings. The second-order valence-corrected chi connectivity index (χ2v) is 8.44. The molecule has 2 saturated carbocycles. The summed E-state index contributed by atoms with van der Waals surface area (Å²) in [6, 6.07) is -0.0229. The molecular weight excluding hydrogens is 264 g/mol. The van der Waals surface area contributed by atoms with Gasteiger partial charge in [0.05, 0.1) is 0 Å². The average Bonchev–Trinajstić information content (AvgIpc) is 3.23. The SMILES string of the molecule is N[C@@H]1CCN(S(=O)(=O)N(CC2CC2)CC2(N)CC2)C1. The monoisotopic (exact) mass is 288 g/mol. The molecular formula is C12H24N4O2S. The molecule has 0 unspecified atom stereocenters. The first-order chi connectivity index (χ1) is 8.89. The van der Waals surface area contributed by atoms with Crippen LogP contribution in [0, 0.1) is 5.92 Å². The Morgan fingerprint density at radius 2 is 1.95 bits per heavy atom. The largest absolute Gasteiger partial charge is 0.326 e. The third-order valence-electron chi connectivity index (χ3n) is 4.38. The maximum Gasteiger partial charge on any atom is 0.282 e. The van der Waals surface area contributed by atoms with Gasteiger partial charge in [-0.3, -0.25) is 0 Å². The van der Waals surface area contributed by atoms with E-state index >= 15 is 0 Å². The Balaban J connectivity index is 1.72. The van der Waals surface area contributed by atoms with E-state index in [0.29, 0.717) is 32.1 Å². The van der Waals surface area contributed by atoms with E-state index in [1.807, 2.05) is 0 Å². The Morgan fingerprint density at radius 3 is 2.42 bits per heavy atom. The minimum Gasteiger partial charge on any atom is -0.326 e. The lowest BCUT2D eigenvalue weighted by atomic mass is 10.3. The van der Waals surface area contributed by atoms with Crippen LogP contribution in [0.1, 0.15) is 32.1 Å². The highest BCUT2D eigenvalue weighted by Crippen LogP contribution is 2.37. The fourth-order valence-electron chi connectivity index (χ4n) is 2.63. The van der Waals surface area contributed by atoms with Gasteiger partial charge in [0, 0.05) is 37.8 Å². The molecule has 1 heterocycles. The third-order valence-corrected chi connectivity index (χ3v) is 6.30. The zero-order valence-corrected chi connectivity index (χ0v) is 12.1. The summed E-state index contributed by atoms with van der Waals surface area (Å²) in [4.78, 5) is 0. The molecule has 3 rings (SSSR count). The standard InChI is InChI=1S/C12H24N4O2S/c13-11-3-6-15(8-11)19(17,18)16(7-10-1-2-10)9-12(14)4-5-12/h10-11H,1-9,13-14H2/t11-/m1/s1. The van der Waals surface area contributed by atoms with E-state index in [4.69, 9.17) is 11.5 Å². The quantitative estimate of drug-likeness (QED) is 0.687. The molecule has 7 heteroatoms. The van der Waals surface area contributed by atoms with Gasteiger partial charge in [0.1, 0.15) is 0 Å². The third kappa shape index (κ3) is 3.11. The van der Waals surface area contributed by atoms with E-state index in [9.17, 15) is 8.42 Å². The van der Waals surface area contributed by atoms with Crippen molar-refractivity contribution in [3.63, 3.8) is 0 Å². The Kier molecular flexibility index (Phi) is 3.38. The second kappa shape index (κ2) is 4.66. The van der Waals surface area contributed by atoms with Gasteiger partial charge < -0.3 is 11.5 Å². The van der Waals surface area contributed by atoms with Crippen molar-refractivity contribution in [1.82, 2.24) is 8.61 Å². The van der Waals surface area contributed by atoms with Crippen molar-refractivity contribution in [2.75, 3.05) is 26.2 Å². The molecule has 6 nitrogen and oxygen atoms in total. The molecule has 1 aliphatic heterocycles. The lowest BCUT2D eigenvalue weighted by molar-refractivity contribution is 0.327. The van der Waals surface area contributed by atoms with Gasteiger partial charge >= 0.3 is 0 Å². The summed E-state index contributed by atoms with van der Waals surface area (Å²) in [5.74, 6) is 0.536. The van der Waals surface area contributed by atoms with Gasteiger partial charge in [-0.2, -0.15) is 17.0 Å². The molecule has 4 N–H and O–H groups in total. The lowest BCUT2D eigenvalue weighted by Gasteiger charge is -2.29. The van der Waals surface area contributed by atoms with Gasteiger partial charge in [-0.1, -0.05) is 0 Å². The number of hydrogen-bond acceptors (Lipinski definition) is 4. The zero-order valence-electron chi connectivity index (χ0n) is 11.3. The van der Waals surface area contributed by atoms with E-state index in [1.165, 1.54) is 4.31 Å². The molecule has 2 aliphatic carbocycles. The zero-order chi connectivity index (χ0) is 13.7. The first kappa shape index (κ1) is 13.8. The maximum atomic E-state index is 12.7. The second-order valence-electron chi connectivity index (χ2n) is 6.51.